The Morgan fingerprint density at radius 3 is 1.83 bits per heavy atom. The molecule has 0 aliphatic rings. The summed E-state index contributed by atoms with van der Waals surface area (Å²) in [6.07, 6.45) is -10.6. The number of nitrogens with zero attached hydrogens (tertiary/aromatic N) is 3. The summed E-state index contributed by atoms with van der Waals surface area (Å²) in [7, 11) is 0. The number of hydrogen-bond donors (Lipinski definition) is 1. The fraction of sp³-hybridized carbons (Fsp3) is 0.154. The molecule has 0 radical (unpaired) electrons. The molecule has 0 aliphatic heterocycles. The van der Waals surface area contributed by atoms with Crippen molar-refractivity contribution in [3.8, 4) is 11.1 Å². The van der Waals surface area contributed by atoms with Crippen molar-refractivity contribution in [1.82, 2.24) is 4.98 Å². The van der Waals surface area contributed by atoms with E-state index >= 15 is 0 Å². The van der Waals surface area contributed by atoms with Gasteiger partial charge in [-0.25, -0.2) is 4.98 Å². The highest BCUT2D eigenvalue weighted by Crippen LogP contribution is 2.53. The van der Waals surface area contributed by atoms with Gasteiger partial charge < -0.3 is 5.73 Å². The lowest BCUT2D eigenvalue weighted by atomic mass is 9.95. The van der Waals surface area contributed by atoms with E-state index in [4.69, 9.17) is 28.9 Å². The molecule has 1 aromatic carbocycles. The minimum atomic E-state index is -5.39. The zero-order valence-corrected chi connectivity index (χ0v) is 14.7. The lowest BCUT2D eigenvalue weighted by Crippen LogP contribution is -2.13. The molecule has 0 amide bonds. The van der Waals surface area contributed by atoms with Crippen LogP contribution in [0.2, 0.25) is 10.0 Å². The van der Waals surface area contributed by atoms with Crippen LogP contribution in [0.15, 0.2) is 12.3 Å². The van der Waals surface area contributed by atoms with Gasteiger partial charge in [0.2, 0.25) is 0 Å². The molecule has 0 bridgehead atoms. The minimum absolute atomic E-state index is 0.0789. The first-order chi connectivity index (χ1) is 13.1. The SMILES string of the molecule is Nc1ncc(C(F)(F)F)c(-c2c([N+](=O)[O-])cc(C(F)(F)F)c(Cl)c2[N+](=O)[O-])c1Cl. The maximum atomic E-state index is 13.4. The number of halogens is 8. The molecule has 156 valence electrons. The molecule has 29 heavy (non-hydrogen) atoms. The monoisotopic (exact) mass is 464 g/mol. The first-order valence-corrected chi connectivity index (χ1v) is 7.58. The minimum Gasteiger partial charge on any atom is -0.382 e. The standard InChI is InChI=1S/C13H4Cl2F6N4O4/c14-8-3(12(16,17)18)1-5(24(26)27)7(10(8)25(28)29)6-4(13(19,20)21)2-23-11(22)9(6)15/h1-2H,(H2,22,23). The topological polar surface area (TPSA) is 125 Å². The Kier molecular flexibility index (Phi) is 5.55. The molecule has 2 aromatic rings. The summed E-state index contributed by atoms with van der Waals surface area (Å²) < 4.78 is 79.5. The highest BCUT2D eigenvalue weighted by molar-refractivity contribution is 6.37. The number of benzene rings is 1. The summed E-state index contributed by atoms with van der Waals surface area (Å²) in [5.74, 6) is -0.811. The van der Waals surface area contributed by atoms with E-state index in [1.807, 2.05) is 0 Å². The smallest absolute Gasteiger partial charge is 0.382 e. The third kappa shape index (κ3) is 3.98. The van der Waals surface area contributed by atoms with Gasteiger partial charge in [0.15, 0.2) is 0 Å². The fourth-order valence-corrected chi connectivity index (χ4v) is 2.93. The number of nitro groups is 2. The summed E-state index contributed by atoms with van der Waals surface area (Å²) in [6.45, 7) is 0. The third-order valence-electron chi connectivity index (χ3n) is 3.50. The Hall–Kier alpha value is -2.87. The van der Waals surface area contributed by atoms with Crippen LogP contribution < -0.4 is 5.73 Å². The van der Waals surface area contributed by atoms with Crippen molar-refractivity contribution in [2.75, 3.05) is 5.73 Å². The largest absolute Gasteiger partial charge is 0.418 e. The first-order valence-electron chi connectivity index (χ1n) is 6.83. The zero-order chi connectivity index (χ0) is 22.5. The Morgan fingerprint density at radius 1 is 0.897 bits per heavy atom. The van der Waals surface area contributed by atoms with Crippen molar-refractivity contribution in [3.63, 3.8) is 0 Å². The fourth-order valence-electron chi connectivity index (χ4n) is 2.36. The third-order valence-corrected chi connectivity index (χ3v) is 4.27. The van der Waals surface area contributed by atoms with E-state index in [9.17, 15) is 46.6 Å². The number of alkyl halides is 6. The lowest BCUT2D eigenvalue weighted by Gasteiger charge is -2.17. The van der Waals surface area contributed by atoms with E-state index in [2.05, 4.69) is 4.98 Å². The highest BCUT2D eigenvalue weighted by Gasteiger charge is 2.45. The van der Waals surface area contributed by atoms with Gasteiger partial charge in [0.1, 0.15) is 16.4 Å². The molecule has 0 saturated carbocycles. The van der Waals surface area contributed by atoms with Crippen molar-refractivity contribution < 1.29 is 36.2 Å². The molecule has 0 aliphatic carbocycles. The van der Waals surface area contributed by atoms with Crippen molar-refractivity contribution in [1.29, 1.82) is 0 Å². The zero-order valence-electron chi connectivity index (χ0n) is 13.2. The molecule has 2 rings (SSSR count). The number of aromatic nitrogens is 1. The van der Waals surface area contributed by atoms with Gasteiger partial charge in [-0.3, -0.25) is 20.2 Å². The van der Waals surface area contributed by atoms with Crippen LogP contribution in [0.25, 0.3) is 11.1 Å². The number of anilines is 1. The van der Waals surface area contributed by atoms with Gasteiger partial charge in [-0.1, -0.05) is 23.2 Å². The van der Waals surface area contributed by atoms with Gasteiger partial charge in [-0.05, 0) is 0 Å². The average molecular weight is 465 g/mol. The van der Waals surface area contributed by atoms with Crippen LogP contribution in [-0.2, 0) is 12.4 Å². The molecule has 1 aromatic heterocycles. The van der Waals surface area contributed by atoms with E-state index in [0.29, 0.717) is 0 Å². The summed E-state index contributed by atoms with van der Waals surface area (Å²) in [6, 6.07) is -0.224. The Bertz CT molecular complexity index is 1040. The molecule has 0 spiro atoms. The second kappa shape index (κ2) is 7.18. The summed E-state index contributed by atoms with van der Waals surface area (Å²) in [5, 5.41) is 19.9. The lowest BCUT2D eigenvalue weighted by molar-refractivity contribution is -0.393. The molecule has 16 heteroatoms. The van der Waals surface area contributed by atoms with Gasteiger partial charge in [0.05, 0.1) is 26.0 Å². The molecular formula is C13H4Cl2F6N4O4. The van der Waals surface area contributed by atoms with E-state index in [1.165, 1.54) is 0 Å². The van der Waals surface area contributed by atoms with Gasteiger partial charge in [0, 0.05) is 17.8 Å². The quantitative estimate of drug-likeness (QED) is 0.363. The Balaban J connectivity index is 3.22. The maximum Gasteiger partial charge on any atom is 0.418 e. The Labute approximate surface area is 165 Å². The number of nitro benzene ring substituents is 2. The predicted molar refractivity (Wildman–Crippen MR) is 87.4 cm³/mol. The number of nitrogens with two attached hydrogens (primary N) is 1. The van der Waals surface area contributed by atoms with Crippen molar-refractivity contribution in [2.45, 2.75) is 12.4 Å². The van der Waals surface area contributed by atoms with Crippen LogP contribution in [0.4, 0.5) is 43.5 Å². The van der Waals surface area contributed by atoms with Gasteiger partial charge in [-0.15, -0.1) is 0 Å². The molecule has 0 atom stereocenters. The first kappa shape index (κ1) is 22.4. The molecule has 8 nitrogen and oxygen atoms in total. The van der Waals surface area contributed by atoms with E-state index < -0.39 is 71.7 Å². The van der Waals surface area contributed by atoms with Crippen molar-refractivity contribution in [3.05, 3.63) is 53.7 Å². The number of nitrogen functional groups attached to an aromatic ring is 1. The second-order valence-electron chi connectivity index (χ2n) is 5.24. The normalized spacial score (nSPS) is 12.1. The summed E-state index contributed by atoms with van der Waals surface area (Å²) in [5.41, 5.74) is -4.89. The molecular weight excluding hydrogens is 461 g/mol. The molecule has 0 fully saturated rings. The molecule has 0 unspecified atom stereocenters. The Morgan fingerprint density at radius 2 is 1.41 bits per heavy atom. The van der Waals surface area contributed by atoms with Crippen LogP contribution >= 0.6 is 23.2 Å². The van der Waals surface area contributed by atoms with Crippen molar-refractivity contribution >= 4 is 40.4 Å². The number of hydrogen-bond acceptors (Lipinski definition) is 6. The van der Waals surface area contributed by atoms with Crippen LogP contribution in [0.5, 0.6) is 0 Å². The van der Waals surface area contributed by atoms with Crippen LogP contribution in [0, 0.1) is 20.2 Å². The van der Waals surface area contributed by atoms with Gasteiger partial charge in [0.25, 0.3) is 5.69 Å². The van der Waals surface area contributed by atoms with Crippen LogP contribution in [-0.4, -0.2) is 14.8 Å². The summed E-state index contributed by atoms with van der Waals surface area (Å²) >= 11 is 11.1. The van der Waals surface area contributed by atoms with Gasteiger partial charge >= 0.3 is 18.0 Å². The number of rotatable bonds is 3. The van der Waals surface area contributed by atoms with E-state index in [0.717, 1.165) is 0 Å². The average Bonchev–Trinajstić information content (AvgIpc) is 2.53. The maximum absolute atomic E-state index is 13.4. The van der Waals surface area contributed by atoms with E-state index in [1.54, 1.807) is 0 Å². The van der Waals surface area contributed by atoms with Crippen LogP contribution in [0.3, 0.4) is 0 Å². The second-order valence-corrected chi connectivity index (χ2v) is 5.99. The molecule has 1 heterocycles. The molecule has 2 N–H and O–H groups in total. The van der Waals surface area contributed by atoms with E-state index in [-0.39, 0.29) is 12.3 Å². The van der Waals surface area contributed by atoms with Crippen molar-refractivity contribution in [2.24, 2.45) is 0 Å². The van der Waals surface area contributed by atoms with Crippen LogP contribution in [0.1, 0.15) is 11.1 Å². The summed E-state index contributed by atoms with van der Waals surface area (Å²) in [4.78, 5) is 22.7. The molecule has 0 saturated heterocycles. The highest BCUT2D eigenvalue weighted by atomic mass is 35.5. The van der Waals surface area contributed by atoms with Gasteiger partial charge in [-0.2, -0.15) is 26.3 Å². The predicted octanol–water partition coefficient (Wildman–Crippen LogP) is 5.49. The number of pyridine rings is 1.